The summed E-state index contributed by atoms with van der Waals surface area (Å²) in [6.45, 7) is 2.58. The third-order valence-corrected chi connectivity index (χ3v) is 4.55. The molecule has 15 heavy (non-hydrogen) atoms. The fourth-order valence-electron chi connectivity index (χ4n) is 2.28. The maximum atomic E-state index is 11.5. The maximum Gasteiger partial charge on any atom is 0.293 e. The molecule has 0 aliphatic carbocycles. The van der Waals surface area contributed by atoms with Crippen molar-refractivity contribution in [2.24, 2.45) is 5.84 Å². The molecule has 2 fully saturated rings. The highest BCUT2D eigenvalue weighted by molar-refractivity contribution is 7.87. The minimum atomic E-state index is -3.44. The van der Waals surface area contributed by atoms with E-state index in [1.54, 1.807) is 0 Å². The van der Waals surface area contributed by atoms with E-state index in [2.05, 4.69) is 4.90 Å². The predicted molar refractivity (Wildman–Crippen MR) is 56.8 cm³/mol. The van der Waals surface area contributed by atoms with Crippen LogP contribution in [0.15, 0.2) is 0 Å². The van der Waals surface area contributed by atoms with Crippen LogP contribution in [0.3, 0.4) is 0 Å². The van der Waals surface area contributed by atoms with E-state index in [9.17, 15) is 8.42 Å². The van der Waals surface area contributed by atoms with Crippen LogP contribution in [0.1, 0.15) is 25.7 Å². The molecule has 0 radical (unpaired) electrons. The summed E-state index contributed by atoms with van der Waals surface area (Å²) in [4.78, 5) is 4.12. The fourth-order valence-corrected chi connectivity index (χ4v) is 3.32. The molecular weight excluding hydrogens is 216 g/mol. The zero-order valence-electron chi connectivity index (χ0n) is 8.72. The second-order valence-electron chi connectivity index (χ2n) is 4.10. The summed E-state index contributed by atoms with van der Waals surface area (Å²) < 4.78 is 24.4. The number of likely N-dealkylation sites (tertiary alicyclic amines) is 1. The Bertz CT molecular complexity index is 313. The lowest BCUT2D eigenvalue weighted by atomic mass is 10.1. The molecule has 1 atom stereocenters. The zero-order valence-corrected chi connectivity index (χ0v) is 9.54. The van der Waals surface area contributed by atoms with Crippen LogP contribution in [0.2, 0.25) is 0 Å². The van der Waals surface area contributed by atoms with Crippen LogP contribution in [0.4, 0.5) is 0 Å². The smallest absolute Gasteiger partial charge is 0.287 e. The number of nitrogens with zero attached hydrogens (tertiary/aromatic N) is 2. The van der Waals surface area contributed by atoms with Crippen LogP contribution in [0.25, 0.3) is 0 Å². The Kier molecular flexibility index (Phi) is 3.27. The van der Waals surface area contributed by atoms with Crippen molar-refractivity contribution in [1.82, 2.24) is 14.0 Å². The van der Waals surface area contributed by atoms with Gasteiger partial charge in [0.25, 0.3) is 10.2 Å². The molecule has 2 aliphatic rings. The van der Waals surface area contributed by atoms with Crippen molar-refractivity contribution in [3.05, 3.63) is 0 Å². The van der Waals surface area contributed by atoms with Crippen molar-refractivity contribution in [1.29, 1.82) is 0 Å². The quantitative estimate of drug-likeness (QED) is 0.495. The monoisotopic (exact) mass is 234 g/mol. The number of hydrogen-bond acceptors (Lipinski definition) is 4. The van der Waals surface area contributed by atoms with Gasteiger partial charge in [-0.15, -0.1) is 4.83 Å². The molecule has 0 spiro atoms. The van der Waals surface area contributed by atoms with Crippen LogP contribution in [0, 0.1) is 0 Å². The number of nitrogens with two attached hydrogens (primary N) is 1. The molecular formula is C8H18N4O2S. The third-order valence-electron chi connectivity index (χ3n) is 3.21. The average Bonchev–Trinajstić information content (AvgIpc) is 2.17. The molecule has 0 saturated carbocycles. The van der Waals surface area contributed by atoms with Gasteiger partial charge in [0, 0.05) is 6.54 Å². The summed E-state index contributed by atoms with van der Waals surface area (Å²) >= 11 is 0. The van der Waals surface area contributed by atoms with Crippen molar-refractivity contribution in [2.45, 2.75) is 31.8 Å². The number of piperidine rings is 1. The highest BCUT2D eigenvalue weighted by Gasteiger charge is 2.40. The van der Waals surface area contributed by atoms with E-state index in [0.29, 0.717) is 6.54 Å². The van der Waals surface area contributed by atoms with Crippen LogP contribution in [0.5, 0.6) is 0 Å². The zero-order chi connectivity index (χ0) is 10.9. The molecule has 0 aromatic carbocycles. The van der Waals surface area contributed by atoms with Gasteiger partial charge in [-0.2, -0.15) is 12.7 Å². The molecule has 6 nitrogen and oxygen atoms in total. The van der Waals surface area contributed by atoms with E-state index in [4.69, 9.17) is 5.84 Å². The van der Waals surface area contributed by atoms with Gasteiger partial charge in [-0.05, 0) is 32.4 Å². The van der Waals surface area contributed by atoms with Gasteiger partial charge in [0.15, 0.2) is 0 Å². The van der Waals surface area contributed by atoms with Gasteiger partial charge in [0.1, 0.15) is 0 Å². The molecule has 7 heteroatoms. The van der Waals surface area contributed by atoms with Crippen LogP contribution in [-0.4, -0.2) is 43.4 Å². The Balaban J connectivity index is 1.99. The van der Waals surface area contributed by atoms with Crippen molar-refractivity contribution >= 4 is 10.2 Å². The Hall–Kier alpha value is -0.210. The highest BCUT2D eigenvalue weighted by Crippen LogP contribution is 2.26. The summed E-state index contributed by atoms with van der Waals surface area (Å²) in [7, 11) is -3.44. The summed E-state index contributed by atoms with van der Waals surface area (Å²) in [6.07, 6.45) is 4.54. The fraction of sp³-hybridized carbons (Fsp3) is 1.00. The van der Waals surface area contributed by atoms with Gasteiger partial charge in [0.2, 0.25) is 0 Å². The standard InChI is InChI=1S/C8H18N4O2S/c9-10-15(13,14)12-7-4-8(12)11-5-2-1-3-6-11/h8,10H,1-7,9H2. The average molecular weight is 234 g/mol. The topological polar surface area (TPSA) is 78.7 Å². The summed E-state index contributed by atoms with van der Waals surface area (Å²) in [5.74, 6) is 5.01. The number of nitrogens with one attached hydrogen (secondary N) is 1. The first-order valence-electron chi connectivity index (χ1n) is 5.38. The first kappa shape index (κ1) is 11.3. The van der Waals surface area contributed by atoms with E-state index >= 15 is 0 Å². The highest BCUT2D eigenvalue weighted by atomic mass is 32.2. The van der Waals surface area contributed by atoms with Crippen molar-refractivity contribution in [3.63, 3.8) is 0 Å². The summed E-state index contributed by atoms with van der Waals surface area (Å²) in [5, 5.41) is 0. The van der Waals surface area contributed by atoms with E-state index in [1.165, 1.54) is 23.6 Å². The van der Waals surface area contributed by atoms with E-state index in [1.807, 2.05) is 4.83 Å². The van der Waals surface area contributed by atoms with Gasteiger partial charge in [-0.25, -0.2) is 0 Å². The Labute approximate surface area is 90.6 Å². The van der Waals surface area contributed by atoms with Gasteiger partial charge >= 0.3 is 0 Å². The molecule has 2 heterocycles. The first-order valence-corrected chi connectivity index (χ1v) is 6.82. The normalized spacial score (nSPS) is 30.1. The minimum Gasteiger partial charge on any atom is -0.287 e. The van der Waals surface area contributed by atoms with E-state index in [-0.39, 0.29) is 6.17 Å². The van der Waals surface area contributed by atoms with Crippen LogP contribution < -0.4 is 10.7 Å². The van der Waals surface area contributed by atoms with E-state index in [0.717, 1.165) is 19.5 Å². The number of hydrogen-bond donors (Lipinski definition) is 2. The number of hydrazine groups is 1. The predicted octanol–water partition coefficient (Wildman–Crippen LogP) is -0.788. The molecule has 0 aromatic rings. The van der Waals surface area contributed by atoms with Crippen molar-refractivity contribution in [2.75, 3.05) is 19.6 Å². The van der Waals surface area contributed by atoms with Gasteiger partial charge in [-0.3, -0.25) is 10.7 Å². The maximum absolute atomic E-state index is 11.5. The molecule has 0 aromatic heterocycles. The van der Waals surface area contributed by atoms with Crippen molar-refractivity contribution in [3.8, 4) is 0 Å². The van der Waals surface area contributed by atoms with E-state index < -0.39 is 10.2 Å². The lowest BCUT2D eigenvalue weighted by Gasteiger charge is -2.46. The molecule has 0 amide bonds. The Morgan fingerprint density at radius 1 is 1.13 bits per heavy atom. The summed E-state index contributed by atoms with van der Waals surface area (Å²) in [6, 6.07) is 0. The molecule has 1 unspecified atom stereocenters. The molecule has 88 valence electrons. The third kappa shape index (κ3) is 2.16. The van der Waals surface area contributed by atoms with Crippen LogP contribution in [-0.2, 0) is 10.2 Å². The first-order chi connectivity index (χ1) is 7.15. The Morgan fingerprint density at radius 3 is 2.27 bits per heavy atom. The lowest BCUT2D eigenvalue weighted by molar-refractivity contribution is 0.0143. The second-order valence-corrected chi connectivity index (χ2v) is 5.75. The molecule has 2 aliphatic heterocycles. The van der Waals surface area contributed by atoms with Gasteiger partial charge in [-0.1, -0.05) is 6.42 Å². The molecule has 3 N–H and O–H groups in total. The van der Waals surface area contributed by atoms with Crippen molar-refractivity contribution < 1.29 is 8.42 Å². The summed E-state index contributed by atoms with van der Waals surface area (Å²) in [5.41, 5.74) is 0. The second kappa shape index (κ2) is 4.34. The molecule has 2 saturated heterocycles. The largest absolute Gasteiger partial charge is 0.293 e. The minimum absolute atomic E-state index is 0.0337. The number of rotatable bonds is 3. The SMILES string of the molecule is NNS(=O)(=O)N1CCC1N1CCCCC1. The Morgan fingerprint density at radius 2 is 1.80 bits per heavy atom. The lowest BCUT2D eigenvalue weighted by Crippen LogP contribution is -2.63. The van der Waals surface area contributed by atoms with Crippen LogP contribution >= 0.6 is 0 Å². The van der Waals surface area contributed by atoms with Gasteiger partial charge < -0.3 is 0 Å². The molecule has 2 rings (SSSR count). The van der Waals surface area contributed by atoms with Gasteiger partial charge in [0.05, 0.1) is 6.17 Å². The molecule has 0 bridgehead atoms.